The van der Waals surface area contributed by atoms with Gasteiger partial charge in [-0.2, -0.15) is 0 Å². The number of nitrogens with zero attached hydrogens (tertiary/aromatic N) is 1. The van der Waals surface area contributed by atoms with Crippen molar-refractivity contribution in [2.45, 2.75) is 52.6 Å². The first-order valence-corrected chi connectivity index (χ1v) is 10.1. The molecule has 0 aromatic heterocycles. The van der Waals surface area contributed by atoms with E-state index in [1.807, 2.05) is 19.1 Å². The van der Waals surface area contributed by atoms with Crippen LogP contribution < -0.4 is 10.5 Å². The quantitative estimate of drug-likeness (QED) is 0.571. The predicted molar refractivity (Wildman–Crippen MR) is 119 cm³/mol. The number of rotatable bonds is 7. The Hall–Kier alpha value is -2.88. The summed E-state index contributed by atoms with van der Waals surface area (Å²) >= 11 is 0. The van der Waals surface area contributed by atoms with E-state index in [-0.39, 0.29) is 5.82 Å². The van der Waals surface area contributed by atoms with E-state index < -0.39 is 0 Å². The Balaban J connectivity index is 1.95. The molecule has 2 aromatic rings. The largest absolute Gasteiger partial charge is 0.486 e. The van der Waals surface area contributed by atoms with Gasteiger partial charge < -0.3 is 10.5 Å². The number of aliphatic imine (C=N–C) groups is 1. The molecule has 1 aliphatic carbocycles. The third-order valence-corrected chi connectivity index (χ3v) is 5.55. The van der Waals surface area contributed by atoms with Crippen molar-refractivity contribution in [1.29, 1.82) is 0 Å². The van der Waals surface area contributed by atoms with Crippen LogP contribution in [0.15, 0.2) is 53.7 Å². The number of benzene rings is 2. The third-order valence-electron chi connectivity index (χ3n) is 5.55. The van der Waals surface area contributed by atoms with Gasteiger partial charge >= 0.3 is 0 Å². The van der Waals surface area contributed by atoms with Gasteiger partial charge in [0, 0.05) is 23.0 Å². The van der Waals surface area contributed by atoms with Gasteiger partial charge in [0.05, 0.1) is 5.70 Å². The molecule has 0 aliphatic heterocycles. The molecule has 29 heavy (non-hydrogen) atoms. The average molecular weight is 393 g/mol. The van der Waals surface area contributed by atoms with Crippen LogP contribution in [-0.4, -0.2) is 6.21 Å². The van der Waals surface area contributed by atoms with E-state index in [2.05, 4.69) is 37.6 Å². The van der Waals surface area contributed by atoms with Gasteiger partial charge in [0.25, 0.3) is 0 Å². The number of allylic oxidation sites excluding steroid dienone is 2. The number of hydrogen-bond donors (Lipinski definition) is 1. The van der Waals surface area contributed by atoms with Crippen LogP contribution in [-0.2, 0) is 6.61 Å². The summed E-state index contributed by atoms with van der Waals surface area (Å²) in [5.41, 5.74) is 11.2. The van der Waals surface area contributed by atoms with Crippen molar-refractivity contribution in [1.82, 2.24) is 0 Å². The summed E-state index contributed by atoms with van der Waals surface area (Å²) in [6.07, 6.45) is 6.51. The SMILES string of the molecule is C=C(N)C=N/C(=C\C)c1ccc(C2CCC2)c(OCc2ccc(C)c(C)c2)c1F. The molecule has 0 amide bonds. The third kappa shape index (κ3) is 4.76. The lowest BCUT2D eigenvalue weighted by atomic mass is 9.79. The summed E-state index contributed by atoms with van der Waals surface area (Å²) in [6, 6.07) is 9.96. The molecule has 1 fully saturated rings. The number of nitrogens with two attached hydrogens (primary N) is 1. The predicted octanol–water partition coefficient (Wildman–Crippen LogP) is 6.19. The van der Waals surface area contributed by atoms with Crippen molar-refractivity contribution < 1.29 is 9.13 Å². The lowest BCUT2D eigenvalue weighted by molar-refractivity contribution is 0.278. The number of halogens is 1. The van der Waals surface area contributed by atoms with Gasteiger partial charge in [0.15, 0.2) is 11.6 Å². The second kappa shape index (κ2) is 9.08. The maximum absolute atomic E-state index is 15.6. The Kier molecular flexibility index (Phi) is 6.53. The first-order chi connectivity index (χ1) is 13.9. The van der Waals surface area contributed by atoms with E-state index in [0.717, 1.165) is 24.0 Å². The van der Waals surface area contributed by atoms with Gasteiger partial charge in [-0.15, -0.1) is 0 Å². The minimum atomic E-state index is -0.369. The first-order valence-electron chi connectivity index (χ1n) is 10.1. The van der Waals surface area contributed by atoms with Gasteiger partial charge in [0.1, 0.15) is 6.61 Å². The van der Waals surface area contributed by atoms with Gasteiger partial charge in [-0.1, -0.05) is 43.3 Å². The normalized spacial score (nSPS) is 14.8. The minimum absolute atomic E-state index is 0.321. The molecule has 0 atom stereocenters. The van der Waals surface area contributed by atoms with E-state index in [0.29, 0.717) is 35.2 Å². The van der Waals surface area contributed by atoms with Crippen molar-refractivity contribution in [3.8, 4) is 5.75 Å². The van der Waals surface area contributed by atoms with Crippen LogP contribution in [0.4, 0.5) is 4.39 Å². The van der Waals surface area contributed by atoms with Crippen molar-refractivity contribution in [3.05, 3.63) is 82.3 Å². The Bertz CT molecular complexity index is 971. The highest BCUT2D eigenvalue weighted by Crippen LogP contribution is 2.43. The Morgan fingerprint density at radius 3 is 2.59 bits per heavy atom. The molecule has 2 aromatic carbocycles. The molecular formula is C25H29FN2O. The average Bonchev–Trinajstić information content (AvgIpc) is 2.64. The monoisotopic (exact) mass is 392 g/mol. The van der Waals surface area contributed by atoms with E-state index in [4.69, 9.17) is 10.5 Å². The molecule has 4 heteroatoms. The molecule has 3 rings (SSSR count). The van der Waals surface area contributed by atoms with Crippen LogP contribution in [0.5, 0.6) is 5.75 Å². The zero-order valence-electron chi connectivity index (χ0n) is 17.5. The molecule has 1 aliphatic rings. The molecule has 1 saturated carbocycles. The Morgan fingerprint density at radius 1 is 1.24 bits per heavy atom. The molecule has 0 bridgehead atoms. The molecule has 3 nitrogen and oxygen atoms in total. The maximum atomic E-state index is 15.6. The fraction of sp³-hybridized carbons (Fsp3) is 0.320. The van der Waals surface area contributed by atoms with E-state index in [9.17, 15) is 0 Å². The summed E-state index contributed by atoms with van der Waals surface area (Å²) in [6.45, 7) is 9.91. The fourth-order valence-corrected chi connectivity index (χ4v) is 3.46. The van der Waals surface area contributed by atoms with Crippen LogP contribution >= 0.6 is 0 Å². The molecule has 0 saturated heterocycles. The Labute approximate surface area is 172 Å². The van der Waals surface area contributed by atoms with E-state index in [1.165, 1.54) is 23.8 Å². The molecular weight excluding hydrogens is 363 g/mol. The highest BCUT2D eigenvalue weighted by Gasteiger charge is 2.27. The highest BCUT2D eigenvalue weighted by atomic mass is 19.1. The summed E-state index contributed by atoms with van der Waals surface area (Å²) in [5.74, 6) is 0.326. The standard InChI is InChI=1S/C25H29FN2O/c1-5-23(28-14-18(4)27)22-12-11-21(20-7-6-8-20)25(24(22)26)29-15-19-10-9-16(2)17(3)13-19/h5,9-14,20H,4,6-8,15,27H2,1-3H3/b23-5-,28-14?. The van der Waals surface area contributed by atoms with Gasteiger partial charge in [-0.3, -0.25) is 4.99 Å². The molecule has 152 valence electrons. The molecule has 0 unspecified atom stereocenters. The van der Waals surface area contributed by atoms with Gasteiger partial charge in [0.2, 0.25) is 0 Å². The lowest BCUT2D eigenvalue weighted by Gasteiger charge is -2.28. The number of hydrogen-bond acceptors (Lipinski definition) is 3. The molecule has 0 heterocycles. The first kappa shape index (κ1) is 20.8. The smallest absolute Gasteiger partial charge is 0.174 e. The topological polar surface area (TPSA) is 47.6 Å². The second-order valence-corrected chi connectivity index (χ2v) is 7.69. The van der Waals surface area contributed by atoms with Crippen molar-refractivity contribution >= 4 is 11.9 Å². The van der Waals surface area contributed by atoms with Crippen molar-refractivity contribution in [3.63, 3.8) is 0 Å². The van der Waals surface area contributed by atoms with Crippen molar-refractivity contribution in [2.24, 2.45) is 10.7 Å². The summed E-state index contributed by atoms with van der Waals surface area (Å²) in [5, 5.41) is 0. The van der Waals surface area contributed by atoms with Crippen LogP contribution in [0.25, 0.3) is 5.70 Å². The van der Waals surface area contributed by atoms with Crippen LogP contribution in [0.3, 0.4) is 0 Å². The molecule has 0 spiro atoms. The second-order valence-electron chi connectivity index (χ2n) is 7.69. The number of aryl methyl sites for hydroxylation is 2. The molecule has 2 N–H and O–H groups in total. The fourth-order valence-electron chi connectivity index (χ4n) is 3.46. The zero-order chi connectivity index (χ0) is 21.0. The lowest BCUT2D eigenvalue weighted by Crippen LogP contribution is -2.12. The summed E-state index contributed by atoms with van der Waals surface area (Å²) in [7, 11) is 0. The van der Waals surface area contributed by atoms with Crippen molar-refractivity contribution in [2.75, 3.05) is 0 Å². The highest BCUT2D eigenvalue weighted by molar-refractivity contribution is 5.83. The number of ether oxygens (including phenoxy) is 1. The maximum Gasteiger partial charge on any atom is 0.174 e. The van der Waals surface area contributed by atoms with Gasteiger partial charge in [-0.25, -0.2) is 4.39 Å². The van der Waals surface area contributed by atoms with Gasteiger partial charge in [-0.05, 0) is 62.3 Å². The van der Waals surface area contributed by atoms with E-state index >= 15 is 4.39 Å². The zero-order valence-corrected chi connectivity index (χ0v) is 17.5. The summed E-state index contributed by atoms with van der Waals surface area (Å²) in [4.78, 5) is 4.28. The minimum Gasteiger partial charge on any atom is -0.486 e. The Morgan fingerprint density at radius 2 is 2.00 bits per heavy atom. The van der Waals surface area contributed by atoms with E-state index in [1.54, 1.807) is 12.1 Å². The van der Waals surface area contributed by atoms with Crippen LogP contribution in [0.2, 0.25) is 0 Å². The molecule has 0 radical (unpaired) electrons. The van der Waals surface area contributed by atoms with Crippen LogP contribution in [0.1, 0.15) is 59.9 Å². The summed E-state index contributed by atoms with van der Waals surface area (Å²) < 4.78 is 21.6. The van der Waals surface area contributed by atoms with Crippen LogP contribution in [0, 0.1) is 19.7 Å².